The number of rotatable bonds is 10. The number of aryl methyl sites for hydroxylation is 3. The van der Waals surface area contributed by atoms with Gasteiger partial charge < -0.3 is 26.7 Å². The van der Waals surface area contributed by atoms with Crippen molar-refractivity contribution in [2.24, 2.45) is 0 Å². The molecule has 0 saturated heterocycles. The molecule has 1 saturated carbocycles. The second-order valence-electron chi connectivity index (χ2n) is 12.2. The molecule has 6 N–H and O–H groups in total. The van der Waals surface area contributed by atoms with Crippen LogP contribution in [-0.2, 0) is 32.4 Å². The van der Waals surface area contributed by atoms with Crippen LogP contribution < -0.4 is 22.3 Å². The molecule has 9 heteroatoms. The fraction of sp³-hybridized carbons (Fsp3) is 0.531. The topological polar surface area (TPSA) is 131 Å². The Kier molecular flexibility index (Phi) is 7.99. The number of benzene rings is 2. The van der Waals surface area contributed by atoms with Crippen LogP contribution in [0.3, 0.4) is 0 Å². The highest BCUT2D eigenvalue weighted by atomic mass is 16.1. The summed E-state index contributed by atoms with van der Waals surface area (Å²) in [4.78, 5) is 17.6. The van der Waals surface area contributed by atoms with E-state index in [-0.39, 0.29) is 11.2 Å². The van der Waals surface area contributed by atoms with Crippen LogP contribution in [0, 0.1) is 6.92 Å². The minimum atomic E-state index is -0.332. The first kappa shape index (κ1) is 27.7. The van der Waals surface area contributed by atoms with E-state index < -0.39 is 0 Å². The van der Waals surface area contributed by atoms with E-state index in [9.17, 15) is 4.79 Å². The highest BCUT2D eigenvalue weighted by Crippen LogP contribution is 2.33. The van der Waals surface area contributed by atoms with Gasteiger partial charge in [0.05, 0.1) is 16.7 Å². The quantitative estimate of drug-likeness (QED) is 0.215. The van der Waals surface area contributed by atoms with Crippen molar-refractivity contribution in [1.82, 2.24) is 30.2 Å². The lowest BCUT2D eigenvalue weighted by molar-refractivity contribution is 0.187. The third-order valence-corrected chi connectivity index (χ3v) is 9.47. The minimum absolute atomic E-state index is 0.0884. The summed E-state index contributed by atoms with van der Waals surface area (Å²) >= 11 is 0. The Morgan fingerprint density at radius 3 is 2.71 bits per heavy atom. The van der Waals surface area contributed by atoms with Gasteiger partial charge in [0.25, 0.3) is 5.56 Å². The van der Waals surface area contributed by atoms with Gasteiger partial charge in [-0.25, -0.2) is 4.68 Å². The summed E-state index contributed by atoms with van der Waals surface area (Å²) < 4.78 is 2.16. The van der Waals surface area contributed by atoms with Gasteiger partial charge in [-0.1, -0.05) is 36.6 Å². The fourth-order valence-electron chi connectivity index (χ4n) is 7.15. The van der Waals surface area contributed by atoms with Crippen molar-refractivity contribution < 1.29 is 0 Å². The monoisotopic (exact) mass is 556 g/mol. The first-order valence-corrected chi connectivity index (χ1v) is 15.4. The van der Waals surface area contributed by atoms with Crippen molar-refractivity contribution in [3.63, 3.8) is 0 Å². The van der Waals surface area contributed by atoms with E-state index in [1.807, 2.05) is 13.0 Å². The maximum Gasteiger partial charge on any atom is 0.273 e. The predicted octanol–water partition coefficient (Wildman–Crippen LogP) is 4.22. The maximum absolute atomic E-state index is 12.2. The van der Waals surface area contributed by atoms with E-state index in [4.69, 9.17) is 11.5 Å². The van der Waals surface area contributed by atoms with Gasteiger partial charge in [0.15, 0.2) is 0 Å². The number of hydrogen-bond donors (Lipinski definition) is 4. The first-order valence-electron chi connectivity index (χ1n) is 15.4. The third-order valence-electron chi connectivity index (χ3n) is 9.47. The van der Waals surface area contributed by atoms with Gasteiger partial charge in [-0.3, -0.25) is 4.79 Å². The Morgan fingerprint density at radius 2 is 1.88 bits per heavy atom. The summed E-state index contributed by atoms with van der Waals surface area (Å²) in [6, 6.07) is 7.11. The van der Waals surface area contributed by atoms with Crippen LogP contribution >= 0.6 is 0 Å². The van der Waals surface area contributed by atoms with Crippen LogP contribution in [0.4, 0.5) is 11.4 Å². The normalized spacial score (nSPS) is 15.9. The maximum atomic E-state index is 12.2. The SMILES string of the molecule is Cc1ccc(CCNCc2cc3nnn(CCCN(C)C4CCCCC4)c3c3c2CCC3)c2c(N)c(N)c(=O)[nH]c12. The molecule has 1 fully saturated rings. The Morgan fingerprint density at radius 1 is 1.07 bits per heavy atom. The van der Waals surface area contributed by atoms with Crippen molar-refractivity contribution in [1.29, 1.82) is 0 Å². The van der Waals surface area contributed by atoms with Crippen molar-refractivity contribution in [3.05, 3.63) is 56.4 Å². The average molecular weight is 557 g/mol. The summed E-state index contributed by atoms with van der Waals surface area (Å²) in [6.45, 7) is 5.57. The number of aromatic nitrogens is 4. The molecular formula is C32H44N8O. The molecule has 6 rings (SSSR count). The molecule has 2 heterocycles. The molecule has 41 heavy (non-hydrogen) atoms. The summed E-state index contributed by atoms with van der Waals surface area (Å²) in [5.41, 5.74) is 21.7. The lowest BCUT2D eigenvalue weighted by Crippen LogP contribution is -2.34. The smallest absolute Gasteiger partial charge is 0.273 e. The zero-order chi connectivity index (χ0) is 28.5. The third kappa shape index (κ3) is 5.45. The van der Waals surface area contributed by atoms with Crippen LogP contribution in [0.2, 0.25) is 0 Å². The van der Waals surface area contributed by atoms with Crippen molar-refractivity contribution in [3.8, 4) is 0 Å². The van der Waals surface area contributed by atoms with Crippen molar-refractivity contribution >= 4 is 33.3 Å². The van der Waals surface area contributed by atoms with Crippen molar-refractivity contribution in [2.75, 3.05) is 31.6 Å². The van der Waals surface area contributed by atoms with Gasteiger partial charge in [-0.2, -0.15) is 0 Å². The number of hydrogen-bond acceptors (Lipinski definition) is 7. The van der Waals surface area contributed by atoms with E-state index in [2.05, 4.69) is 49.4 Å². The number of fused-ring (bicyclic) bond motifs is 4. The van der Waals surface area contributed by atoms with Crippen molar-refractivity contribution in [2.45, 2.75) is 90.3 Å². The van der Waals surface area contributed by atoms with E-state index in [1.165, 1.54) is 60.7 Å². The molecule has 0 atom stereocenters. The molecule has 4 aromatic rings. The second-order valence-corrected chi connectivity index (χ2v) is 12.2. The minimum Gasteiger partial charge on any atom is -0.396 e. The number of anilines is 2. The van der Waals surface area contributed by atoms with Crippen LogP contribution in [-0.4, -0.2) is 51.1 Å². The van der Waals surface area contributed by atoms with E-state index in [0.29, 0.717) is 5.69 Å². The zero-order valence-electron chi connectivity index (χ0n) is 24.6. The number of nitrogens with zero attached hydrogens (tertiary/aromatic N) is 4. The summed E-state index contributed by atoms with van der Waals surface area (Å²) in [5, 5.41) is 13.7. The Hall–Kier alpha value is -3.43. The Bertz CT molecular complexity index is 1610. The lowest BCUT2D eigenvalue weighted by Gasteiger charge is -2.31. The molecule has 0 aliphatic heterocycles. The molecule has 0 bridgehead atoms. The van der Waals surface area contributed by atoms with E-state index in [0.717, 1.165) is 85.5 Å². The first-order chi connectivity index (χ1) is 19.9. The molecular weight excluding hydrogens is 512 g/mol. The molecule has 218 valence electrons. The fourth-order valence-corrected chi connectivity index (χ4v) is 7.15. The molecule has 9 nitrogen and oxygen atoms in total. The van der Waals surface area contributed by atoms with Gasteiger partial charge in [-0.05, 0) is 106 Å². The van der Waals surface area contributed by atoms with Crippen LogP contribution in [0.25, 0.3) is 21.9 Å². The molecule has 2 aromatic heterocycles. The lowest BCUT2D eigenvalue weighted by atomic mass is 9.94. The second kappa shape index (κ2) is 11.8. The van der Waals surface area contributed by atoms with E-state index >= 15 is 0 Å². The van der Waals surface area contributed by atoms with Gasteiger partial charge in [0, 0.05) is 24.5 Å². The highest BCUT2D eigenvalue weighted by molar-refractivity contribution is 5.99. The standard InChI is InChI=1S/C32H44N8O/c1-20-12-13-21(27-28(33)29(34)32(41)36-30(20)27)14-15-35-19-22-18-26-31(25-11-6-10-24(22)25)40(38-37-26)17-7-16-39(2)23-8-4-3-5-9-23/h12-13,18,23,35H,3-11,14-17,19,34H2,1-2H3,(H3,33,36,41). The Balaban J connectivity index is 1.12. The van der Waals surface area contributed by atoms with Crippen LogP contribution in [0.1, 0.15) is 72.8 Å². The van der Waals surface area contributed by atoms with Gasteiger partial charge >= 0.3 is 0 Å². The molecule has 2 aromatic carbocycles. The van der Waals surface area contributed by atoms with E-state index in [1.54, 1.807) is 0 Å². The average Bonchev–Trinajstić information content (AvgIpc) is 3.63. The molecule has 0 radical (unpaired) electrons. The number of nitrogens with one attached hydrogen (secondary N) is 2. The molecule has 0 amide bonds. The summed E-state index contributed by atoms with van der Waals surface area (Å²) in [5.74, 6) is 0. The summed E-state index contributed by atoms with van der Waals surface area (Å²) in [6.07, 6.45) is 12.1. The number of aromatic amines is 1. The zero-order valence-corrected chi connectivity index (χ0v) is 24.6. The molecule has 2 aliphatic carbocycles. The van der Waals surface area contributed by atoms with Gasteiger partial charge in [-0.15, -0.1) is 5.10 Å². The van der Waals surface area contributed by atoms with Crippen LogP contribution in [0.5, 0.6) is 0 Å². The predicted molar refractivity (Wildman–Crippen MR) is 167 cm³/mol. The highest BCUT2D eigenvalue weighted by Gasteiger charge is 2.23. The van der Waals surface area contributed by atoms with Gasteiger partial charge in [0.1, 0.15) is 11.2 Å². The molecule has 0 unspecified atom stereocenters. The molecule has 0 spiro atoms. The van der Waals surface area contributed by atoms with Gasteiger partial charge in [0.2, 0.25) is 0 Å². The molecule has 2 aliphatic rings. The number of pyridine rings is 1. The Labute approximate surface area is 241 Å². The van der Waals surface area contributed by atoms with Crippen LogP contribution in [0.15, 0.2) is 23.0 Å². The summed E-state index contributed by atoms with van der Waals surface area (Å²) in [7, 11) is 2.29. The number of nitrogen functional groups attached to an aromatic ring is 2. The largest absolute Gasteiger partial charge is 0.396 e. The number of nitrogens with two attached hydrogens (primary N) is 2. The number of H-pyrrole nitrogens is 1.